The van der Waals surface area contributed by atoms with Gasteiger partial charge in [0.05, 0.1) is 35.4 Å². The molecule has 0 radical (unpaired) electrons. The standard InChI is InChI=1S/C19H14ClF3N2O3S/c1-27-14-6-3-10(7-15(14)28-2)8-16-17(26)25-18(29-16)24-11-4-5-13(20)12(9-11)19(21,22)23/h3-9H,1-2H3,(H,24,25,26)/b16-8-. The number of halogens is 4. The molecule has 1 aliphatic rings. The summed E-state index contributed by atoms with van der Waals surface area (Å²) in [6.07, 6.45) is -2.98. The Morgan fingerprint density at radius 1 is 1.10 bits per heavy atom. The number of amides is 1. The molecule has 1 N–H and O–H groups in total. The highest BCUT2D eigenvalue weighted by Gasteiger charge is 2.33. The number of rotatable bonds is 4. The molecular formula is C19H14ClF3N2O3S. The van der Waals surface area contributed by atoms with Crippen LogP contribution in [0.5, 0.6) is 11.5 Å². The molecule has 1 fully saturated rings. The molecule has 0 saturated carbocycles. The highest BCUT2D eigenvalue weighted by Crippen LogP contribution is 2.37. The van der Waals surface area contributed by atoms with Gasteiger partial charge in [-0.3, -0.25) is 4.79 Å². The van der Waals surface area contributed by atoms with Crippen LogP contribution >= 0.6 is 23.4 Å². The van der Waals surface area contributed by atoms with Crippen LogP contribution in [0.2, 0.25) is 5.02 Å². The third kappa shape index (κ3) is 4.86. The molecule has 2 aromatic rings. The third-order valence-electron chi connectivity index (χ3n) is 3.84. The maximum absolute atomic E-state index is 13.0. The molecular weight excluding hydrogens is 429 g/mol. The van der Waals surface area contributed by atoms with Crippen LogP contribution in [-0.4, -0.2) is 25.3 Å². The second-order valence-electron chi connectivity index (χ2n) is 5.76. The Labute approximate surface area is 173 Å². The molecule has 0 atom stereocenters. The van der Waals surface area contributed by atoms with Gasteiger partial charge in [-0.2, -0.15) is 13.2 Å². The summed E-state index contributed by atoms with van der Waals surface area (Å²) in [4.78, 5) is 16.6. The number of thioether (sulfide) groups is 1. The second-order valence-corrected chi connectivity index (χ2v) is 7.20. The Morgan fingerprint density at radius 3 is 2.48 bits per heavy atom. The van der Waals surface area contributed by atoms with E-state index in [2.05, 4.69) is 10.3 Å². The number of carbonyl (C=O) groups is 1. The maximum atomic E-state index is 13.0. The zero-order valence-electron chi connectivity index (χ0n) is 15.1. The first kappa shape index (κ1) is 21.1. The van der Waals surface area contributed by atoms with E-state index in [-0.39, 0.29) is 10.9 Å². The normalized spacial score (nSPS) is 17.0. The summed E-state index contributed by atoms with van der Waals surface area (Å²) in [7, 11) is 3.01. The lowest BCUT2D eigenvalue weighted by Gasteiger charge is -2.09. The number of carbonyl (C=O) groups excluding carboxylic acids is 1. The molecule has 1 aliphatic heterocycles. The van der Waals surface area contributed by atoms with Crippen molar-refractivity contribution in [3.8, 4) is 11.5 Å². The molecule has 0 spiro atoms. The summed E-state index contributed by atoms with van der Waals surface area (Å²) in [6.45, 7) is 0. The average Bonchev–Trinajstić information content (AvgIpc) is 3.01. The maximum Gasteiger partial charge on any atom is 0.417 e. The highest BCUT2D eigenvalue weighted by atomic mass is 35.5. The van der Waals surface area contributed by atoms with Crippen molar-refractivity contribution in [2.45, 2.75) is 6.18 Å². The molecule has 1 heterocycles. The fourth-order valence-electron chi connectivity index (χ4n) is 2.49. The minimum absolute atomic E-state index is 0.0249. The van der Waals surface area contributed by atoms with Gasteiger partial charge in [0.1, 0.15) is 0 Å². The number of hydrogen-bond acceptors (Lipinski definition) is 5. The van der Waals surface area contributed by atoms with Gasteiger partial charge in [0, 0.05) is 0 Å². The van der Waals surface area contributed by atoms with Crippen LogP contribution in [-0.2, 0) is 11.0 Å². The monoisotopic (exact) mass is 442 g/mol. The number of nitrogens with one attached hydrogen (secondary N) is 1. The van der Waals surface area contributed by atoms with Gasteiger partial charge in [-0.15, -0.1) is 0 Å². The van der Waals surface area contributed by atoms with Crippen molar-refractivity contribution in [2.24, 2.45) is 4.99 Å². The van der Waals surface area contributed by atoms with Crippen LogP contribution in [0.1, 0.15) is 11.1 Å². The van der Waals surface area contributed by atoms with Gasteiger partial charge in [-0.25, -0.2) is 4.99 Å². The van der Waals surface area contributed by atoms with Crippen molar-refractivity contribution in [3.05, 3.63) is 57.5 Å². The van der Waals surface area contributed by atoms with E-state index in [9.17, 15) is 18.0 Å². The average molecular weight is 443 g/mol. The quantitative estimate of drug-likeness (QED) is 0.655. The first-order valence-electron chi connectivity index (χ1n) is 8.09. The molecule has 2 aromatic carbocycles. The van der Waals surface area contributed by atoms with E-state index < -0.39 is 22.7 Å². The van der Waals surface area contributed by atoms with Crippen LogP contribution in [0, 0.1) is 0 Å². The number of benzene rings is 2. The Morgan fingerprint density at radius 2 is 1.83 bits per heavy atom. The lowest BCUT2D eigenvalue weighted by Crippen LogP contribution is -2.19. The number of methoxy groups -OCH3 is 2. The molecule has 10 heteroatoms. The van der Waals surface area contributed by atoms with Crippen LogP contribution < -0.4 is 14.8 Å². The zero-order chi connectivity index (χ0) is 21.2. The molecule has 5 nitrogen and oxygen atoms in total. The summed E-state index contributed by atoms with van der Waals surface area (Å²) in [6, 6.07) is 8.43. The van der Waals surface area contributed by atoms with E-state index >= 15 is 0 Å². The van der Waals surface area contributed by atoms with E-state index in [0.717, 1.165) is 23.9 Å². The summed E-state index contributed by atoms with van der Waals surface area (Å²) < 4.78 is 49.4. The van der Waals surface area contributed by atoms with Gasteiger partial charge in [-0.1, -0.05) is 17.7 Å². The number of nitrogens with zero attached hydrogens (tertiary/aromatic N) is 1. The predicted octanol–water partition coefficient (Wildman–Crippen LogP) is 5.27. The third-order valence-corrected chi connectivity index (χ3v) is 5.08. The number of alkyl halides is 3. The highest BCUT2D eigenvalue weighted by molar-refractivity contribution is 8.18. The van der Waals surface area contributed by atoms with Gasteiger partial charge >= 0.3 is 6.18 Å². The van der Waals surface area contributed by atoms with Gasteiger partial charge < -0.3 is 14.8 Å². The predicted molar refractivity (Wildman–Crippen MR) is 107 cm³/mol. The molecule has 1 amide bonds. The molecule has 152 valence electrons. The summed E-state index contributed by atoms with van der Waals surface area (Å²) in [5, 5.41) is 2.28. The van der Waals surface area contributed by atoms with E-state index in [4.69, 9.17) is 21.1 Å². The summed E-state index contributed by atoms with van der Waals surface area (Å²) in [5.74, 6) is 0.636. The van der Waals surface area contributed by atoms with E-state index in [1.807, 2.05) is 0 Å². The lowest BCUT2D eigenvalue weighted by atomic mass is 10.2. The fraction of sp³-hybridized carbons (Fsp3) is 0.158. The topological polar surface area (TPSA) is 59.9 Å². The van der Waals surface area contributed by atoms with Gasteiger partial charge in [-0.05, 0) is 53.7 Å². The van der Waals surface area contributed by atoms with E-state index in [0.29, 0.717) is 22.0 Å². The molecule has 0 bridgehead atoms. The minimum Gasteiger partial charge on any atom is -0.493 e. The zero-order valence-corrected chi connectivity index (χ0v) is 16.7. The van der Waals surface area contributed by atoms with Crippen molar-refractivity contribution in [2.75, 3.05) is 14.2 Å². The van der Waals surface area contributed by atoms with Crippen LogP contribution in [0.25, 0.3) is 6.08 Å². The SMILES string of the molecule is COc1ccc(/C=C2\SC(=Nc3ccc(Cl)c(C(F)(F)F)c3)NC2=O)cc1OC. The number of hydrogen-bond donors (Lipinski definition) is 1. The Balaban J connectivity index is 1.86. The largest absolute Gasteiger partial charge is 0.493 e. The second kappa shape index (κ2) is 8.38. The van der Waals surface area contributed by atoms with E-state index in [1.54, 1.807) is 24.3 Å². The van der Waals surface area contributed by atoms with Crippen molar-refractivity contribution in [1.82, 2.24) is 5.32 Å². The summed E-state index contributed by atoms with van der Waals surface area (Å²) >= 11 is 6.62. The Hall–Kier alpha value is -2.65. The molecule has 29 heavy (non-hydrogen) atoms. The minimum atomic E-state index is -4.60. The van der Waals surface area contributed by atoms with Crippen molar-refractivity contribution >= 4 is 46.2 Å². The first-order chi connectivity index (χ1) is 13.7. The van der Waals surface area contributed by atoms with Crippen molar-refractivity contribution < 1.29 is 27.4 Å². The molecule has 0 aliphatic carbocycles. The molecule has 0 unspecified atom stereocenters. The molecule has 1 saturated heterocycles. The Kier molecular flexibility index (Phi) is 6.09. The molecule has 3 rings (SSSR count). The summed E-state index contributed by atoms with van der Waals surface area (Å²) in [5.41, 5.74) is -0.277. The fourth-order valence-corrected chi connectivity index (χ4v) is 3.56. The lowest BCUT2D eigenvalue weighted by molar-refractivity contribution is -0.137. The number of amidine groups is 1. The van der Waals surface area contributed by atoms with Crippen molar-refractivity contribution in [3.63, 3.8) is 0 Å². The van der Waals surface area contributed by atoms with E-state index in [1.165, 1.54) is 20.3 Å². The Bertz CT molecular complexity index is 1020. The number of ether oxygens (including phenoxy) is 2. The smallest absolute Gasteiger partial charge is 0.417 e. The van der Waals surface area contributed by atoms with Gasteiger partial charge in [0.25, 0.3) is 5.91 Å². The van der Waals surface area contributed by atoms with Gasteiger partial charge in [0.15, 0.2) is 16.7 Å². The van der Waals surface area contributed by atoms with Crippen molar-refractivity contribution in [1.29, 1.82) is 0 Å². The molecule has 0 aromatic heterocycles. The first-order valence-corrected chi connectivity index (χ1v) is 9.29. The number of aliphatic imine (C=N–C) groups is 1. The van der Waals surface area contributed by atoms with Crippen LogP contribution in [0.3, 0.4) is 0 Å². The van der Waals surface area contributed by atoms with Crippen LogP contribution in [0.4, 0.5) is 18.9 Å². The van der Waals surface area contributed by atoms with Gasteiger partial charge in [0.2, 0.25) is 0 Å². The van der Waals surface area contributed by atoms with Crippen LogP contribution in [0.15, 0.2) is 46.3 Å².